The fourth-order valence-electron chi connectivity index (χ4n) is 3.85. The Hall–Kier alpha value is -3.02. The average Bonchev–Trinajstić information content (AvgIpc) is 3.10. The highest BCUT2D eigenvalue weighted by Gasteiger charge is 2.32. The number of Topliss-reactive ketones (excluding diaryl/α,β-unsaturated/α-hetero) is 1. The molecule has 1 unspecified atom stereocenters. The minimum absolute atomic E-state index is 0.0244. The summed E-state index contributed by atoms with van der Waals surface area (Å²) in [6.07, 6.45) is 5.74. The number of nitrogen functional groups attached to an aromatic ring is 1. The number of aromatic nitrogens is 4. The van der Waals surface area contributed by atoms with Crippen LogP contribution in [0.4, 0.5) is 5.95 Å². The van der Waals surface area contributed by atoms with Gasteiger partial charge in [0.15, 0.2) is 5.78 Å². The summed E-state index contributed by atoms with van der Waals surface area (Å²) in [6, 6.07) is 8.28. The lowest BCUT2D eigenvalue weighted by Gasteiger charge is -2.24. The van der Waals surface area contributed by atoms with Gasteiger partial charge in [-0.15, -0.1) is 0 Å². The second kappa shape index (κ2) is 6.37. The molecule has 2 heterocycles. The molecular weight excluding hydrogens is 326 g/mol. The summed E-state index contributed by atoms with van der Waals surface area (Å²) in [5, 5.41) is 0. The van der Waals surface area contributed by atoms with Gasteiger partial charge in [-0.25, -0.2) is 15.0 Å². The van der Waals surface area contributed by atoms with Crippen molar-refractivity contribution < 1.29 is 4.79 Å². The largest absolute Gasteiger partial charge is 0.368 e. The minimum Gasteiger partial charge on any atom is -0.368 e. The van der Waals surface area contributed by atoms with E-state index in [9.17, 15) is 4.79 Å². The van der Waals surface area contributed by atoms with E-state index in [1.807, 2.05) is 25.3 Å². The van der Waals surface area contributed by atoms with Crippen LogP contribution in [0, 0.1) is 6.92 Å². The Balaban J connectivity index is 1.77. The molecule has 0 radical (unpaired) electrons. The van der Waals surface area contributed by atoms with Crippen LogP contribution in [0.2, 0.25) is 0 Å². The molecule has 1 aromatic carbocycles. The third-order valence-electron chi connectivity index (χ3n) is 5.00. The van der Waals surface area contributed by atoms with Crippen LogP contribution in [0.15, 0.2) is 36.7 Å². The van der Waals surface area contributed by atoms with E-state index in [0.717, 1.165) is 23.6 Å². The molecule has 4 rings (SSSR count). The van der Waals surface area contributed by atoms with Gasteiger partial charge in [0.25, 0.3) is 0 Å². The van der Waals surface area contributed by atoms with Crippen molar-refractivity contribution in [3.63, 3.8) is 0 Å². The van der Waals surface area contributed by atoms with Crippen LogP contribution in [-0.4, -0.2) is 25.3 Å². The quantitative estimate of drug-likeness (QED) is 0.787. The molecule has 26 heavy (non-hydrogen) atoms. The molecule has 0 saturated heterocycles. The van der Waals surface area contributed by atoms with E-state index in [2.05, 4.69) is 38.6 Å². The molecule has 0 saturated carbocycles. The van der Waals surface area contributed by atoms with Gasteiger partial charge in [-0.3, -0.25) is 4.79 Å². The lowest BCUT2D eigenvalue weighted by atomic mass is 9.84. The van der Waals surface area contributed by atoms with Crippen LogP contribution in [-0.2, 0) is 12.8 Å². The molecule has 2 N–H and O–H groups in total. The highest BCUT2D eigenvalue weighted by Crippen LogP contribution is 2.33. The van der Waals surface area contributed by atoms with Crippen molar-refractivity contribution in [1.29, 1.82) is 0 Å². The Bertz CT molecular complexity index is 992. The zero-order valence-electron chi connectivity index (χ0n) is 14.9. The van der Waals surface area contributed by atoms with Crippen molar-refractivity contribution in [3.8, 4) is 5.69 Å². The van der Waals surface area contributed by atoms with Crippen molar-refractivity contribution in [2.45, 2.75) is 39.0 Å². The molecule has 0 bridgehead atoms. The molecule has 1 aliphatic carbocycles. The number of hydrogen-bond donors (Lipinski definition) is 1. The smallest absolute Gasteiger partial charge is 0.220 e. The van der Waals surface area contributed by atoms with Gasteiger partial charge in [0, 0.05) is 36.8 Å². The molecule has 0 aliphatic heterocycles. The zero-order chi connectivity index (χ0) is 18.3. The minimum atomic E-state index is -0.0244. The number of para-hydroxylation sites is 1. The van der Waals surface area contributed by atoms with E-state index in [0.29, 0.717) is 24.1 Å². The molecule has 2 aromatic heterocycles. The Labute approximate surface area is 152 Å². The molecule has 3 aromatic rings. The fourth-order valence-corrected chi connectivity index (χ4v) is 3.85. The predicted molar refractivity (Wildman–Crippen MR) is 99.5 cm³/mol. The summed E-state index contributed by atoms with van der Waals surface area (Å²) in [4.78, 5) is 25.8. The zero-order valence-corrected chi connectivity index (χ0v) is 14.9. The average molecular weight is 347 g/mol. The van der Waals surface area contributed by atoms with Gasteiger partial charge in [0.2, 0.25) is 5.95 Å². The Kier molecular flexibility index (Phi) is 4.03. The molecule has 0 spiro atoms. The normalized spacial score (nSPS) is 16.5. The van der Waals surface area contributed by atoms with Crippen LogP contribution in [0.3, 0.4) is 0 Å². The van der Waals surface area contributed by atoms with Crippen molar-refractivity contribution in [1.82, 2.24) is 19.5 Å². The summed E-state index contributed by atoms with van der Waals surface area (Å²) in [5.74, 6) is 1.14. The standard InChI is InChI=1S/C20H21N5O/c1-3-13-6-4-5-7-16(13)25-9-8-22-19(25)14-10-15-18(17(26)11-14)12(2)23-20(21)24-15/h4-9,14H,3,10-11H2,1-2H3,(H2,21,23,24). The van der Waals surface area contributed by atoms with Crippen molar-refractivity contribution in [2.24, 2.45) is 0 Å². The van der Waals surface area contributed by atoms with Gasteiger partial charge in [-0.05, 0) is 25.0 Å². The van der Waals surface area contributed by atoms with Crippen LogP contribution >= 0.6 is 0 Å². The number of rotatable bonds is 3. The van der Waals surface area contributed by atoms with E-state index >= 15 is 0 Å². The van der Waals surface area contributed by atoms with Crippen LogP contribution in [0.5, 0.6) is 0 Å². The molecule has 0 fully saturated rings. The van der Waals surface area contributed by atoms with E-state index in [1.165, 1.54) is 5.56 Å². The lowest BCUT2D eigenvalue weighted by Crippen LogP contribution is -2.24. The fraction of sp³-hybridized carbons (Fsp3) is 0.300. The topological polar surface area (TPSA) is 86.7 Å². The maximum absolute atomic E-state index is 12.7. The number of imidazole rings is 1. The molecule has 0 amide bonds. The Morgan fingerprint density at radius 3 is 2.85 bits per heavy atom. The summed E-state index contributed by atoms with van der Waals surface area (Å²) in [5.41, 5.74) is 10.2. The summed E-state index contributed by atoms with van der Waals surface area (Å²) in [7, 11) is 0. The monoisotopic (exact) mass is 347 g/mol. The summed E-state index contributed by atoms with van der Waals surface area (Å²) in [6.45, 7) is 3.95. The molecule has 132 valence electrons. The first-order chi connectivity index (χ1) is 12.6. The van der Waals surface area contributed by atoms with Gasteiger partial charge < -0.3 is 10.3 Å². The Morgan fingerprint density at radius 1 is 1.23 bits per heavy atom. The number of carbonyl (C=O) groups is 1. The van der Waals surface area contributed by atoms with E-state index in [1.54, 1.807) is 6.20 Å². The first-order valence-electron chi connectivity index (χ1n) is 8.86. The van der Waals surface area contributed by atoms with Crippen LogP contribution in [0.1, 0.15) is 52.4 Å². The van der Waals surface area contributed by atoms with Gasteiger partial charge in [-0.1, -0.05) is 25.1 Å². The third kappa shape index (κ3) is 2.67. The van der Waals surface area contributed by atoms with Crippen LogP contribution in [0.25, 0.3) is 5.69 Å². The van der Waals surface area contributed by atoms with Crippen LogP contribution < -0.4 is 5.73 Å². The van der Waals surface area contributed by atoms with Gasteiger partial charge in [-0.2, -0.15) is 0 Å². The number of anilines is 1. The first kappa shape index (κ1) is 16.4. The maximum Gasteiger partial charge on any atom is 0.220 e. The van der Waals surface area contributed by atoms with Crippen molar-refractivity contribution in [2.75, 3.05) is 5.73 Å². The highest BCUT2D eigenvalue weighted by atomic mass is 16.1. The number of ketones is 1. The summed E-state index contributed by atoms with van der Waals surface area (Å²) < 4.78 is 2.10. The summed E-state index contributed by atoms with van der Waals surface area (Å²) >= 11 is 0. The van der Waals surface area contributed by atoms with Gasteiger partial charge in [0.1, 0.15) is 5.82 Å². The third-order valence-corrected chi connectivity index (χ3v) is 5.00. The van der Waals surface area contributed by atoms with E-state index < -0.39 is 0 Å². The number of fused-ring (bicyclic) bond motifs is 1. The number of nitrogens with zero attached hydrogens (tertiary/aromatic N) is 4. The SMILES string of the molecule is CCc1ccccc1-n1ccnc1C1CC(=O)c2c(C)nc(N)nc2C1. The molecule has 6 nitrogen and oxygen atoms in total. The van der Waals surface area contributed by atoms with Gasteiger partial charge >= 0.3 is 0 Å². The molecule has 6 heteroatoms. The molecular formula is C20H21N5O. The predicted octanol–water partition coefficient (Wildman–Crippen LogP) is 3.03. The first-order valence-corrected chi connectivity index (χ1v) is 8.86. The van der Waals surface area contributed by atoms with E-state index in [4.69, 9.17) is 5.73 Å². The van der Waals surface area contributed by atoms with E-state index in [-0.39, 0.29) is 17.6 Å². The second-order valence-electron chi connectivity index (χ2n) is 6.65. The van der Waals surface area contributed by atoms with Crippen molar-refractivity contribution in [3.05, 3.63) is 65.0 Å². The van der Waals surface area contributed by atoms with Gasteiger partial charge in [0.05, 0.1) is 17.0 Å². The number of carbonyl (C=O) groups excluding carboxylic acids is 1. The van der Waals surface area contributed by atoms with Crippen molar-refractivity contribution >= 4 is 11.7 Å². The number of aryl methyl sites for hydroxylation is 2. The molecule has 1 aliphatic rings. The molecule has 1 atom stereocenters. The number of benzene rings is 1. The second-order valence-corrected chi connectivity index (χ2v) is 6.65. The lowest BCUT2D eigenvalue weighted by molar-refractivity contribution is 0.0960. The Morgan fingerprint density at radius 2 is 2.04 bits per heavy atom. The highest BCUT2D eigenvalue weighted by molar-refractivity contribution is 5.99. The maximum atomic E-state index is 12.7. The number of hydrogen-bond acceptors (Lipinski definition) is 5. The number of nitrogens with two attached hydrogens (primary N) is 1.